The van der Waals surface area contributed by atoms with Crippen molar-refractivity contribution in [3.05, 3.63) is 71.1 Å². The summed E-state index contributed by atoms with van der Waals surface area (Å²) in [5, 5.41) is 0. The number of nitrogens with zero attached hydrogens (tertiary/aromatic N) is 2. The van der Waals surface area contributed by atoms with Gasteiger partial charge in [0.1, 0.15) is 5.75 Å². The third-order valence-corrected chi connectivity index (χ3v) is 3.59. The number of ether oxygens (including phenoxy) is 1. The molecule has 4 heteroatoms. The van der Waals surface area contributed by atoms with E-state index in [0.29, 0.717) is 5.69 Å². The lowest BCUT2D eigenvalue weighted by Crippen LogP contribution is -2.21. The molecule has 0 radical (unpaired) electrons. The fraction of sp³-hybridized carbons (Fsp3) is 0.111. The molecule has 2 aromatic carbocycles. The molecule has 3 aromatic rings. The van der Waals surface area contributed by atoms with E-state index >= 15 is 0 Å². The molecule has 22 heavy (non-hydrogen) atoms. The summed E-state index contributed by atoms with van der Waals surface area (Å²) in [5.41, 5.74) is 3.10. The van der Waals surface area contributed by atoms with Crippen LogP contribution < -0.4 is 10.4 Å². The van der Waals surface area contributed by atoms with E-state index in [-0.39, 0.29) is 5.69 Å². The Morgan fingerprint density at radius 3 is 2.27 bits per heavy atom. The largest absolute Gasteiger partial charge is 0.497 e. The van der Waals surface area contributed by atoms with E-state index in [1.54, 1.807) is 18.7 Å². The molecule has 3 rings (SSSR count). The number of hydrogen-bond donors (Lipinski definition) is 0. The molecule has 0 N–H and O–H groups in total. The Bertz CT molecular complexity index is 837. The lowest BCUT2D eigenvalue weighted by molar-refractivity contribution is 0.415. The van der Waals surface area contributed by atoms with Gasteiger partial charge in [-0.15, -0.1) is 0 Å². The van der Waals surface area contributed by atoms with Crippen LogP contribution in [0.5, 0.6) is 5.75 Å². The van der Waals surface area contributed by atoms with Gasteiger partial charge >= 0.3 is 5.69 Å². The van der Waals surface area contributed by atoms with E-state index in [4.69, 9.17) is 4.74 Å². The van der Waals surface area contributed by atoms with Gasteiger partial charge in [0.2, 0.25) is 0 Å². The predicted octanol–water partition coefficient (Wildman–Crippen LogP) is 3.12. The summed E-state index contributed by atoms with van der Waals surface area (Å²) in [6.45, 7) is 0. The first-order valence-electron chi connectivity index (χ1n) is 6.97. The van der Waals surface area contributed by atoms with Gasteiger partial charge in [-0.25, -0.2) is 4.79 Å². The van der Waals surface area contributed by atoms with Gasteiger partial charge in [-0.3, -0.25) is 4.57 Å². The van der Waals surface area contributed by atoms with Crippen molar-refractivity contribution in [1.29, 1.82) is 0 Å². The Morgan fingerprint density at radius 2 is 1.64 bits per heavy atom. The number of hydrogen-bond acceptors (Lipinski definition) is 3. The van der Waals surface area contributed by atoms with Crippen molar-refractivity contribution in [2.75, 3.05) is 7.11 Å². The van der Waals surface area contributed by atoms with Crippen molar-refractivity contribution in [2.24, 2.45) is 7.05 Å². The van der Waals surface area contributed by atoms with Crippen LogP contribution in [0.4, 0.5) is 0 Å². The van der Waals surface area contributed by atoms with Crippen LogP contribution in [0, 0.1) is 0 Å². The highest BCUT2D eigenvalue weighted by Gasteiger charge is 2.09. The van der Waals surface area contributed by atoms with Gasteiger partial charge in [-0.1, -0.05) is 30.3 Å². The Kier molecular flexibility index (Phi) is 3.74. The second kappa shape index (κ2) is 5.85. The molecule has 0 atom stereocenters. The maximum Gasteiger partial charge on any atom is 0.348 e. The van der Waals surface area contributed by atoms with Crippen LogP contribution in [-0.2, 0) is 7.05 Å². The molecule has 0 saturated carbocycles. The van der Waals surface area contributed by atoms with Crippen LogP contribution in [-0.4, -0.2) is 16.7 Å². The summed E-state index contributed by atoms with van der Waals surface area (Å²) in [7, 11) is 3.36. The molecule has 1 aromatic heterocycles. The lowest BCUT2D eigenvalue weighted by atomic mass is 10.1. The highest BCUT2D eigenvalue weighted by Crippen LogP contribution is 2.24. The molecule has 0 unspecified atom stereocenters. The Balaban J connectivity index is 2.14. The van der Waals surface area contributed by atoms with Gasteiger partial charge in [-0.2, -0.15) is 4.98 Å². The summed E-state index contributed by atoms with van der Waals surface area (Å²) in [6, 6.07) is 19.2. The second-order valence-electron chi connectivity index (χ2n) is 4.96. The second-order valence-corrected chi connectivity index (χ2v) is 4.96. The molecule has 0 aliphatic heterocycles. The Hall–Kier alpha value is -2.88. The molecular formula is C18H16N2O2. The van der Waals surface area contributed by atoms with Gasteiger partial charge in [0.25, 0.3) is 0 Å². The van der Waals surface area contributed by atoms with Crippen LogP contribution in [0.3, 0.4) is 0 Å². The van der Waals surface area contributed by atoms with Crippen molar-refractivity contribution in [1.82, 2.24) is 9.55 Å². The summed E-state index contributed by atoms with van der Waals surface area (Å²) in [5.74, 6) is 0.783. The standard InChI is InChI=1S/C18H16N2O2/c1-20-17(14-8-10-15(22-2)11-9-14)12-16(19-18(20)21)13-6-4-3-5-7-13/h3-12H,1-2H3. The first-order valence-corrected chi connectivity index (χ1v) is 6.97. The summed E-state index contributed by atoms with van der Waals surface area (Å²) in [6.07, 6.45) is 0. The van der Waals surface area contributed by atoms with E-state index in [1.807, 2.05) is 60.7 Å². The molecule has 0 amide bonds. The molecule has 4 nitrogen and oxygen atoms in total. The predicted molar refractivity (Wildman–Crippen MR) is 86.9 cm³/mol. The number of benzene rings is 2. The molecule has 110 valence electrons. The van der Waals surface area contributed by atoms with Crippen molar-refractivity contribution in [2.45, 2.75) is 0 Å². The van der Waals surface area contributed by atoms with Crippen LogP contribution >= 0.6 is 0 Å². The molecule has 0 spiro atoms. The smallest absolute Gasteiger partial charge is 0.348 e. The minimum absolute atomic E-state index is 0.271. The van der Waals surface area contributed by atoms with E-state index < -0.39 is 0 Å². The lowest BCUT2D eigenvalue weighted by Gasteiger charge is -2.10. The SMILES string of the molecule is COc1ccc(-c2cc(-c3ccccc3)nc(=O)n2C)cc1. The summed E-state index contributed by atoms with van der Waals surface area (Å²) in [4.78, 5) is 16.3. The maximum absolute atomic E-state index is 12.2. The monoisotopic (exact) mass is 292 g/mol. The molecule has 0 saturated heterocycles. The average Bonchev–Trinajstić information content (AvgIpc) is 2.58. The quantitative estimate of drug-likeness (QED) is 0.745. The molecule has 0 bridgehead atoms. The molecule has 0 fully saturated rings. The Morgan fingerprint density at radius 1 is 0.955 bits per heavy atom. The normalized spacial score (nSPS) is 10.5. The molecule has 1 heterocycles. The van der Waals surface area contributed by atoms with Crippen LogP contribution in [0.15, 0.2) is 65.5 Å². The van der Waals surface area contributed by atoms with Gasteiger partial charge < -0.3 is 4.74 Å². The zero-order valence-corrected chi connectivity index (χ0v) is 12.5. The topological polar surface area (TPSA) is 44.1 Å². The van der Waals surface area contributed by atoms with Gasteiger partial charge in [0.05, 0.1) is 18.5 Å². The van der Waals surface area contributed by atoms with Gasteiger partial charge in [0.15, 0.2) is 0 Å². The van der Waals surface area contributed by atoms with E-state index in [1.165, 1.54) is 0 Å². The summed E-state index contributed by atoms with van der Waals surface area (Å²) < 4.78 is 6.72. The van der Waals surface area contributed by atoms with E-state index in [2.05, 4.69) is 4.98 Å². The van der Waals surface area contributed by atoms with Crippen LogP contribution in [0.25, 0.3) is 22.5 Å². The van der Waals surface area contributed by atoms with Crippen molar-refractivity contribution in [3.63, 3.8) is 0 Å². The zero-order valence-electron chi connectivity index (χ0n) is 12.5. The zero-order chi connectivity index (χ0) is 15.5. The van der Waals surface area contributed by atoms with Crippen LogP contribution in [0.1, 0.15) is 0 Å². The van der Waals surface area contributed by atoms with Gasteiger partial charge in [-0.05, 0) is 35.9 Å². The van der Waals surface area contributed by atoms with Gasteiger partial charge in [0, 0.05) is 12.6 Å². The fourth-order valence-corrected chi connectivity index (χ4v) is 2.34. The molecule has 0 aliphatic carbocycles. The summed E-state index contributed by atoms with van der Waals surface area (Å²) >= 11 is 0. The first kappa shape index (κ1) is 14.1. The van der Waals surface area contributed by atoms with Crippen molar-refractivity contribution >= 4 is 0 Å². The fourth-order valence-electron chi connectivity index (χ4n) is 2.34. The maximum atomic E-state index is 12.2. The molecule has 0 aliphatic rings. The third kappa shape index (κ3) is 2.63. The Labute approximate surface area is 128 Å². The minimum Gasteiger partial charge on any atom is -0.497 e. The van der Waals surface area contributed by atoms with Crippen molar-refractivity contribution in [3.8, 4) is 28.3 Å². The molecular weight excluding hydrogens is 276 g/mol. The first-order chi connectivity index (χ1) is 10.7. The highest BCUT2D eigenvalue weighted by molar-refractivity contribution is 5.68. The van der Waals surface area contributed by atoms with Crippen molar-refractivity contribution < 1.29 is 4.74 Å². The van der Waals surface area contributed by atoms with E-state index in [9.17, 15) is 4.79 Å². The number of rotatable bonds is 3. The number of aromatic nitrogens is 2. The van der Waals surface area contributed by atoms with E-state index in [0.717, 1.165) is 22.6 Å². The minimum atomic E-state index is -0.271. The number of methoxy groups -OCH3 is 1. The third-order valence-electron chi connectivity index (χ3n) is 3.59. The van der Waals surface area contributed by atoms with Crippen LogP contribution in [0.2, 0.25) is 0 Å². The highest BCUT2D eigenvalue weighted by atomic mass is 16.5. The average molecular weight is 292 g/mol.